The van der Waals surface area contributed by atoms with Crippen molar-refractivity contribution in [3.8, 4) is 0 Å². The second kappa shape index (κ2) is 9.11. The highest BCUT2D eigenvalue weighted by atomic mass is 32.2. The lowest BCUT2D eigenvalue weighted by Gasteiger charge is -2.08. The van der Waals surface area contributed by atoms with Crippen molar-refractivity contribution in [3.05, 3.63) is 59.7 Å². The summed E-state index contributed by atoms with van der Waals surface area (Å²) >= 11 is 0. The molecule has 0 aromatic heterocycles. The molecule has 0 unspecified atom stereocenters. The van der Waals surface area contributed by atoms with Crippen LogP contribution in [0.4, 0.5) is 5.69 Å². The Hall–Kier alpha value is -3.24. The van der Waals surface area contributed by atoms with Crippen molar-refractivity contribution in [2.24, 2.45) is 5.73 Å². The molecule has 0 spiro atoms. The molecule has 1 amide bonds. The molecule has 0 radical (unpaired) electrons. The Kier molecular flexibility index (Phi) is 6.85. The Morgan fingerprint density at radius 3 is 2.36 bits per heavy atom. The van der Waals surface area contributed by atoms with Crippen LogP contribution in [-0.2, 0) is 14.8 Å². The van der Waals surface area contributed by atoms with Gasteiger partial charge in [0.15, 0.2) is 0 Å². The summed E-state index contributed by atoms with van der Waals surface area (Å²) in [6.45, 7) is 0.0692. The van der Waals surface area contributed by atoms with E-state index in [9.17, 15) is 18.0 Å². The van der Waals surface area contributed by atoms with Crippen molar-refractivity contribution in [1.29, 1.82) is 0 Å². The molecule has 0 fully saturated rings. The SMILES string of the molecule is NC(=[NH2+])c1cccc(S(=O)(=O)NCCCC(=O)Nc2ccc(C(=O)O)cc2)c1. The lowest BCUT2D eigenvalue weighted by molar-refractivity contribution is -0.116. The minimum absolute atomic E-state index is 0.0186. The van der Waals surface area contributed by atoms with Crippen LogP contribution in [0.15, 0.2) is 53.4 Å². The number of aromatic carboxylic acids is 1. The molecule has 0 aliphatic carbocycles. The molecule has 10 heteroatoms. The number of hydrogen-bond donors (Lipinski definition) is 5. The predicted molar refractivity (Wildman–Crippen MR) is 103 cm³/mol. The lowest BCUT2D eigenvalue weighted by atomic mass is 10.2. The Balaban J connectivity index is 1.82. The summed E-state index contributed by atoms with van der Waals surface area (Å²) in [6, 6.07) is 11.6. The van der Waals surface area contributed by atoms with Gasteiger partial charge in [0.2, 0.25) is 15.9 Å². The largest absolute Gasteiger partial charge is 0.478 e. The third kappa shape index (κ3) is 5.89. The number of nitrogens with one attached hydrogen (secondary N) is 2. The summed E-state index contributed by atoms with van der Waals surface area (Å²) in [5.41, 5.74) is 6.46. The number of rotatable bonds is 9. The summed E-state index contributed by atoms with van der Waals surface area (Å²) in [5, 5.41) is 16.9. The normalized spacial score (nSPS) is 11.0. The van der Waals surface area contributed by atoms with E-state index in [0.29, 0.717) is 11.3 Å². The van der Waals surface area contributed by atoms with Crippen LogP contribution in [-0.4, -0.2) is 37.8 Å². The minimum Gasteiger partial charge on any atom is -0.478 e. The van der Waals surface area contributed by atoms with Gasteiger partial charge < -0.3 is 10.4 Å². The summed E-state index contributed by atoms with van der Waals surface area (Å²) in [5.74, 6) is -1.34. The maximum Gasteiger partial charge on any atom is 0.335 e. The fourth-order valence-corrected chi connectivity index (χ4v) is 3.42. The molecule has 0 saturated heterocycles. The zero-order valence-electron chi connectivity index (χ0n) is 14.9. The molecule has 2 aromatic carbocycles. The van der Waals surface area contributed by atoms with Crippen LogP contribution in [0.3, 0.4) is 0 Å². The van der Waals surface area contributed by atoms with E-state index in [1.165, 1.54) is 42.5 Å². The number of carbonyl (C=O) groups is 2. The summed E-state index contributed by atoms with van der Waals surface area (Å²) < 4.78 is 27.0. The van der Waals surface area contributed by atoms with Gasteiger partial charge in [-0.05, 0) is 48.9 Å². The number of anilines is 1. The van der Waals surface area contributed by atoms with E-state index in [4.69, 9.17) is 16.2 Å². The maximum absolute atomic E-state index is 12.3. The molecule has 2 aromatic rings. The number of amides is 1. The highest BCUT2D eigenvalue weighted by molar-refractivity contribution is 7.89. The molecule has 9 nitrogen and oxygen atoms in total. The maximum atomic E-state index is 12.3. The minimum atomic E-state index is -3.75. The van der Waals surface area contributed by atoms with Crippen LogP contribution in [0, 0.1) is 0 Å². The Morgan fingerprint density at radius 2 is 1.75 bits per heavy atom. The van der Waals surface area contributed by atoms with E-state index < -0.39 is 16.0 Å². The quantitative estimate of drug-likeness (QED) is 0.215. The van der Waals surface area contributed by atoms with Gasteiger partial charge >= 0.3 is 5.97 Å². The van der Waals surface area contributed by atoms with Gasteiger partial charge in [0, 0.05) is 18.7 Å². The van der Waals surface area contributed by atoms with Gasteiger partial charge in [0.25, 0.3) is 5.84 Å². The molecule has 2 rings (SSSR count). The Labute approximate surface area is 162 Å². The predicted octanol–water partition coefficient (Wildman–Crippen LogP) is -0.454. The van der Waals surface area contributed by atoms with Crippen molar-refractivity contribution in [1.82, 2.24) is 4.72 Å². The third-order valence-electron chi connectivity index (χ3n) is 3.77. The molecule has 148 valence electrons. The number of carboxylic acids is 1. The number of nitrogens with two attached hydrogens (primary N) is 2. The first-order valence-corrected chi connectivity index (χ1v) is 9.78. The molecule has 28 heavy (non-hydrogen) atoms. The monoisotopic (exact) mass is 405 g/mol. The van der Waals surface area contributed by atoms with Crippen LogP contribution < -0.4 is 21.2 Å². The zero-order chi connectivity index (χ0) is 20.7. The van der Waals surface area contributed by atoms with E-state index in [1.807, 2.05) is 0 Å². The fourth-order valence-electron chi connectivity index (χ4n) is 2.30. The fraction of sp³-hybridized carbons (Fsp3) is 0.167. The van der Waals surface area contributed by atoms with E-state index in [2.05, 4.69) is 10.0 Å². The molecular weight excluding hydrogens is 384 g/mol. The van der Waals surface area contributed by atoms with Gasteiger partial charge in [-0.15, -0.1) is 0 Å². The second-order valence-electron chi connectivity index (χ2n) is 5.92. The molecule has 0 atom stereocenters. The number of carbonyl (C=O) groups excluding carboxylic acids is 1. The second-order valence-corrected chi connectivity index (χ2v) is 7.68. The highest BCUT2D eigenvalue weighted by Crippen LogP contribution is 2.12. The number of hydrogen-bond acceptors (Lipinski definition) is 4. The van der Waals surface area contributed by atoms with Gasteiger partial charge in [-0.2, -0.15) is 0 Å². The van der Waals surface area contributed by atoms with Gasteiger partial charge in [0.05, 0.1) is 16.0 Å². The first-order valence-electron chi connectivity index (χ1n) is 8.30. The van der Waals surface area contributed by atoms with Crippen molar-refractivity contribution < 1.29 is 28.5 Å². The third-order valence-corrected chi connectivity index (χ3v) is 5.22. The Bertz CT molecular complexity index is 987. The number of amidine groups is 1. The van der Waals surface area contributed by atoms with E-state index >= 15 is 0 Å². The standard InChI is InChI=1S/C18H20N4O5S/c19-17(20)13-3-1-4-15(11-13)28(26,27)21-10-2-5-16(23)22-14-8-6-12(7-9-14)18(24)25/h1,3-4,6-9,11,21H,2,5,10H2,(H3,19,20)(H,22,23)(H,24,25)/p+1. The van der Waals surface area contributed by atoms with Crippen molar-refractivity contribution >= 4 is 33.4 Å². The van der Waals surface area contributed by atoms with Gasteiger partial charge in [-0.25, -0.2) is 17.9 Å². The first-order chi connectivity index (χ1) is 13.2. The number of carboxylic acid groups (broad SMARTS) is 1. The lowest BCUT2D eigenvalue weighted by Crippen LogP contribution is -2.46. The summed E-state index contributed by atoms with van der Waals surface area (Å²) in [4.78, 5) is 22.7. The van der Waals surface area contributed by atoms with Gasteiger partial charge in [-0.3, -0.25) is 15.9 Å². The first kappa shape index (κ1) is 21.1. The van der Waals surface area contributed by atoms with E-state index in [-0.39, 0.29) is 41.6 Å². The summed E-state index contributed by atoms with van der Waals surface area (Å²) in [6.07, 6.45) is 0.371. The molecule has 7 N–H and O–H groups in total. The number of sulfonamides is 1. The zero-order valence-corrected chi connectivity index (χ0v) is 15.7. The molecule has 0 heterocycles. The van der Waals surface area contributed by atoms with Crippen molar-refractivity contribution in [2.45, 2.75) is 17.7 Å². The molecule has 0 aliphatic heterocycles. The van der Waals surface area contributed by atoms with Crippen LogP contribution in [0.2, 0.25) is 0 Å². The van der Waals surface area contributed by atoms with Crippen LogP contribution >= 0.6 is 0 Å². The topological polar surface area (TPSA) is 164 Å². The molecule has 0 aliphatic rings. The van der Waals surface area contributed by atoms with E-state index in [1.54, 1.807) is 6.07 Å². The van der Waals surface area contributed by atoms with E-state index in [0.717, 1.165) is 0 Å². The Morgan fingerprint density at radius 1 is 1.07 bits per heavy atom. The van der Waals surface area contributed by atoms with Crippen molar-refractivity contribution in [3.63, 3.8) is 0 Å². The average Bonchev–Trinajstić information content (AvgIpc) is 2.66. The van der Waals surface area contributed by atoms with Crippen LogP contribution in [0.1, 0.15) is 28.8 Å². The van der Waals surface area contributed by atoms with Gasteiger partial charge in [-0.1, -0.05) is 6.07 Å². The molecule has 0 bridgehead atoms. The van der Waals surface area contributed by atoms with Crippen molar-refractivity contribution in [2.75, 3.05) is 11.9 Å². The highest BCUT2D eigenvalue weighted by Gasteiger charge is 2.15. The average molecular weight is 405 g/mol. The molecule has 0 saturated carbocycles. The van der Waals surface area contributed by atoms with Crippen LogP contribution in [0.5, 0.6) is 0 Å². The molecular formula is C18H21N4O5S+. The summed E-state index contributed by atoms with van der Waals surface area (Å²) in [7, 11) is -3.75. The smallest absolute Gasteiger partial charge is 0.335 e. The number of benzene rings is 2. The van der Waals surface area contributed by atoms with Gasteiger partial charge in [0.1, 0.15) is 0 Å². The van der Waals surface area contributed by atoms with Crippen LogP contribution in [0.25, 0.3) is 0 Å².